The van der Waals surface area contributed by atoms with Crippen LogP contribution in [0.2, 0.25) is 0 Å². The van der Waals surface area contributed by atoms with Gasteiger partial charge in [-0.25, -0.2) is 15.0 Å². The number of imidazole rings is 1. The monoisotopic (exact) mass is 535 g/mol. The molecule has 3 aliphatic rings. The van der Waals surface area contributed by atoms with Gasteiger partial charge in [-0.1, -0.05) is 0 Å². The number of aryl methyl sites for hydroxylation is 1. The molecule has 0 amide bonds. The number of halogens is 3. The van der Waals surface area contributed by atoms with Crippen molar-refractivity contribution in [2.24, 2.45) is 7.05 Å². The van der Waals surface area contributed by atoms with Gasteiger partial charge in [-0.2, -0.15) is 18.3 Å². The van der Waals surface area contributed by atoms with Gasteiger partial charge in [0.1, 0.15) is 17.8 Å². The summed E-state index contributed by atoms with van der Waals surface area (Å²) in [6.45, 7) is 1.49. The summed E-state index contributed by atoms with van der Waals surface area (Å²) in [6, 6.07) is 8.02. The predicted octanol–water partition coefficient (Wildman–Crippen LogP) is 5.54. The number of benzene rings is 1. The van der Waals surface area contributed by atoms with E-state index in [1.165, 1.54) is 15.8 Å². The number of anilines is 1. The third-order valence-corrected chi connectivity index (χ3v) is 7.87. The third kappa shape index (κ3) is 4.24. The molecule has 7 rings (SSSR count). The summed E-state index contributed by atoms with van der Waals surface area (Å²) in [7, 11) is 3.22. The summed E-state index contributed by atoms with van der Waals surface area (Å²) < 4.78 is 48.8. The molecule has 0 unspecified atom stereocenters. The first-order valence-corrected chi connectivity index (χ1v) is 13.3. The minimum atomic E-state index is -4.48. The molecule has 0 atom stereocenters. The van der Waals surface area contributed by atoms with Crippen molar-refractivity contribution >= 4 is 5.69 Å². The molecule has 0 bridgehead atoms. The number of nitrogens with zero attached hydrogens (tertiary/aromatic N) is 7. The van der Waals surface area contributed by atoms with Crippen molar-refractivity contribution in [3.05, 3.63) is 59.4 Å². The molecule has 2 saturated carbocycles. The number of rotatable bonds is 6. The van der Waals surface area contributed by atoms with E-state index in [2.05, 4.69) is 24.5 Å². The van der Waals surface area contributed by atoms with Crippen LogP contribution in [0, 0.1) is 0 Å². The van der Waals surface area contributed by atoms with Crippen molar-refractivity contribution in [3.63, 3.8) is 0 Å². The molecule has 0 N–H and O–H groups in total. The summed E-state index contributed by atoms with van der Waals surface area (Å²) in [6.07, 6.45) is 3.47. The summed E-state index contributed by atoms with van der Waals surface area (Å²) in [5.41, 5.74) is 6.01. The number of methoxy groups -OCH3 is 1. The first-order chi connectivity index (χ1) is 18.8. The maximum Gasteiger partial charge on any atom is 0.434 e. The van der Waals surface area contributed by atoms with Gasteiger partial charge in [-0.3, -0.25) is 4.68 Å². The smallest absolute Gasteiger partial charge is 0.434 e. The van der Waals surface area contributed by atoms with Gasteiger partial charge in [0.05, 0.1) is 24.4 Å². The quantitative estimate of drug-likeness (QED) is 0.323. The molecule has 39 heavy (non-hydrogen) atoms. The highest BCUT2D eigenvalue weighted by Gasteiger charge is 2.37. The minimum absolute atomic E-state index is 0.284. The molecule has 3 aromatic heterocycles. The standard InChI is InChI=1S/C28H28F3N7O/c1-36-14-22(28(29,30)31)34-26(36)17-5-7-18(8-6-17)37-12-11-21-20(13-37)25(35-38(21)19-9-10-19)23-24(16-3-4-16)32-15-33-27(23)39-2/h5-8,14-16,19H,3-4,9-13H2,1-2H3. The molecule has 202 valence electrons. The zero-order valence-corrected chi connectivity index (χ0v) is 21.7. The fourth-order valence-corrected chi connectivity index (χ4v) is 5.61. The van der Waals surface area contributed by atoms with Crippen molar-refractivity contribution < 1.29 is 17.9 Å². The molecule has 0 radical (unpaired) electrons. The zero-order valence-electron chi connectivity index (χ0n) is 21.7. The molecule has 11 heteroatoms. The lowest BCUT2D eigenvalue weighted by Gasteiger charge is -2.30. The van der Waals surface area contributed by atoms with E-state index in [9.17, 15) is 13.2 Å². The normalized spacial score (nSPS) is 17.4. The van der Waals surface area contributed by atoms with Crippen LogP contribution in [0.3, 0.4) is 0 Å². The Hall–Kier alpha value is -3.89. The number of hydrogen-bond acceptors (Lipinski definition) is 6. The fourth-order valence-electron chi connectivity index (χ4n) is 5.61. The molecule has 1 aliphatic heterocycles. The van der Waals surface area contributed by atoms with Crippen LogP contribution in [-0.2, 0) is 26.2 Å². The van der Waals surface area contributed by atoms with Crippen LogP contribution >= 0.6 is 0 Å². The van der Waals surface area contributed by atoms with E-state index in [1.807, 2.05) is 24.3 Å². The predicted molar refractivity (Wildman–Crippen MR) is 138 cm³/mol. The van der Waals surface area contributed by atoms with Gasteiger partial charge < -0.3 is 14.2 Å². The van der Waals surface area contributed by atoms with Crippen LogP contribution in [0.25, 0.3) is 22.6 Å². The number of aromatic nitrogens is 6. The molecular formula is C28H28F3N7O. The number of hydrogen-bond donors (Lipinski definition) is 0. The zero-order chi connectivity index (χ0) is 26.9. The summed E-state index contributed by atoms with van der Waals surface area (Å²) in [5, 5.41) is 5.14. The highest BCUT2D eigenvalue weighted by molar-refractivity contribution is 5.73. The van der Waals surface area contributed by atoms with Crippen molar-refractivity contribution in [1.82, 2.24) is 29.3 Å². The summed E-state index contributed by atoms with van der Waals surface area (Å²) in [4.78, 5) is 15.2. The van der Waals surface area contributed by atoms with Crippen molar-refractivity contribution in [2.75, 3.05) is 18.6 Å². The maximum absolute atomic E-state index is 13.2. The summed E-state index contributed by atoms with van der Waals surface area (Å²) in [5.74, 6) is 1.26. The molecule has 0 saturated heterocycles. The number of alkyl halides is 3. The summed E-state index contributed by atoms with van der Waals surface area (Å²) >= 11 is 0. The van der Waals surface area contributed by atoms with E-state index >= 15 is 0 Å². The molecular weight excluding hydrogens is 507 g/mol. The Morgan fingerprint density at radius 1 is 1.03 bits per heavy atom. The number of fused-ring (bicyclic) bond motifs is 1. The average molecular weight is 536 g/mol. The van der Waals surface area contributed by atoms with Gasteiger partial charge in [-0.15, -0.1) is 0 Å². The van der Waals surface area contributed by atoms with Gasteiger partial charge in [-0.05, 0) is 49.9 Å². The van der Waals surface area contributed by atoms with E-state index in [-0.39, 0.29) is 5.82 Å². The maximum atomic E-state index is 13.2. The Bertz CT molecular complexity index is 1550. The highest BCUT2D eigenvalue weighted by atomic mass is 19.4. The lowest BCUT2D eigenvalue weighted by Crippen LogP contribution is -2.31. The molecule has 4 heterocycles. The molecule has 1 aromatic carbocycles. The van der Waals surface area contributed by atoms with Crippen molar-refractivity contribution in [2.45, 2.75) is 56.8 Å². The van der Waals surface area contributed by atoms with Crippen LogP contribution < -0.4 is 9.64 Å². The van der Waals surface area contributed by atoms with Gasteiger partial charge in [0.25, 0.3) is 0 Å². The highest BCUT2D eigenvalue weighted by Crippen LogP contribution is 2.48. The van der Waals surface area contributed by atoms with Crippen molar-refractivity contribution in [3.8, 4) is 28.5 Å². The molecule has 8 nitrogen and oxygen atoms in total. The lowest BCUT2D eigenvalue weighted by atomic mass is 9.98. The Morgan fingerprint density at radius 2 is 1.79 bits per heavy atom. The molecule has 0 spiro atoms. The van der Waals surface area contributed by atoms with E-state index in [4.69, 9.17) is 9.84 Å². The minimum Gasteiger partial charge on any atom is -0.480 e. The van der Waals surface area contributed by atoms with E-state index < -0.39 is 11.9 Å². The van der Waals surface area contributed by atoms with E-state index in [1.54, 1.807) is 20.5 Å². The Labute approximate surface area is 223 Å². The molecule has 2 aliphatic carbocycles. The first-order valence-electron chi connectivity index (χ1n) is 13.3. The van der Waals surface area contributed by atoms with Gasteiger partial charge in [0.2, 0.25) is 5.88 Å². The van der Waals surface area contributed by atoms with Crippen LogP contribution in [0.1, 0.15) is 60.3 Å². The topological polar surface area (TPSA) is 73.9 Å². The van der Waals surface area contributed by atoms with E-state index in [0.29, 0.717) is 29.9 Å². The van der Waals surface area contributed by atoms with Crippen LogP contribution in [0.5, 0.6) is 5.88 Å². The number of ether oxygens (including phenoxy) is 1. The second kappa shape index (κ2) is 8.82. The second-order valence-corrected chi connectivity index (χ2v) is 10.6. The Kier molecular flexibility index (Phi) is 5.47. The third-order valence-electron chi connectivity index (χ3n) is 7.87. The average Bonchev–Trinajstić information content (AvgIpc) is 3.87. The van der Waals surface area contributed by atoms with Crippen LogP contribution in [-0.4, -0.2) is 43.0 Å². The second-order valence-electron chi connectivity index (χ2n) is 10.6. The first kappa shape index (κ1) is 24.2. The molecule has 2 fully saturated rings. The largest absolute Gasteiger partial charge is 0.480 e. The van der Waals surface area contributed by atoms with Crippen LogP contribution in [0.15, 0.2) is 36.8 Å². The molecule has 4 aromatic rings. The van der Waals surface area contributed by atoms with E-state index in [0.717, 1.165) is 67.5 Å². The lowest BCUT2D eigenvalue weighted by molar-refractivity contribution is -0.140. The van der Waals surface area contributed by atoms with Gasteiger partial charge in [0.15, 0.2) is 5.69 Å². The fraction of sp³-hybridized carbons (Fsp3) is 0.429. The Balaban J connectivity index is 1.23. The van der Waals surface area contributed by atoms with Gasteiger partial charge in [0, 0.05) is 61.2 Å². The van der Waals surface area contributed by atoms with Crippen LogP contribution in [0.4, 0.5) is 18.9 Å². The SMILES string of the molecule is COc1ncnc(C2CC2)c1-c1nn(C2CC2)c2c1CN(c1ccc(-c3nc(C(F)(F)F)cn3C)cc1)CC2. The van der Waals surface area contributed by atoms with Gasteiger partial charge >= 0.3 is 6.18 Å². The Morgan fingerprint density at radius 3 is 2.44 bits per heavy atom. The van der Waals surface area contributed by atoms with Crippen molar-refractivity contribution in [1.29, 1.82) is 0 Å².